The van der Waals surface area contributed by atoms with Crippen molar-refractivity contribution < 1.29 is 9.90 Å². The summed E-state index contributed by atoms with van der Waals surface area (Å²) < 4.78 is 2.94. The van der Waals surface area contributed by atoms with Crippen molar-refractivity contribution in [2.24, 2.45) is 0 Å². The Hall–Kier alpha value is -3.19. The van der Waals surface area contributed by atoms with E-state index in [0.717, 1.165) is 27.0 Å². The van der Waals surface area contributed by atoms with Crippen molar-refractivity contribution >= 4 is 38.4 Å². The van der Waals surface area contributed by atoms with E-state index in [9.17, 15) is 9.90 Å². The van der Waals surface area contributed by atoms with E-state index in [1.54, 1.807) is 0 Å². The molecule has 2 aromatic heterocycles. The number of allylic oxidation sites excluding steroid dienone is 1. The Bertz CT molecular complexity index is 1130. The number of carbonyl (C=O) groups excluding carboxylic acids is 1. The molecule has 134 valence electrons. The number of hydrogen-bond donors (Lipinski definition) is 2. The van der Waals surface area contributed by atoms with Crippen molar-refractivity contribution in [3.05, 3.63) is 88.6 Å². The van der Waals surface area contributed by atoms with Crippen LogP contribution in [0.15, 0.2) is 71.6 Å². The first-order valence-corrected chi connectivity index (χ1v) is 9.04. The monoisotopic (exact) mass is 422 g/mol. The van der Waals surface area contributed by atoms with Gasteiger partial charge in [-0.15, -0.1) is 0 Å². The molecule has 0 bridgehead atoms. The fourth-order valence-electron chi connectivity index (χ4n) is 2.98. The summed E-state index contributed by atoms with van der Waals surface area (Å²) in [6.45, 7) is 0.655. The highest BCUT2D eigenvalue weighted by molar-refractivity contribution is 9.10. The lowest BCUT2D eigenvalue weighted by Crippen LogP contribution is -1.99. The minimum atomic E-state index is -0.441. The second-order valence-electron chi connectivity index (χ2n) is 6.05. The third-order valence-electron chi connectivity index (χ3n) is 4.23. The highest BCUT2D eigenvalue weighted by Crippen LogP contribution is 2.29. The van der Waals surface area contributed by atoms with Gasteiger partial charge in [-0.2, -0.15) is 5.10 Å². The number of aromatic amines is 1. The Balaban J connectivity index is 1.78. The molecule has 0 spiro atoms. The lowest BCUT2D eigenvalue weighted by molar-refractivity contribution is 0.103. The zero-order valence-corrected chi connectivity index (χ0v) is 15.7. The standard InChI is InChI=1S/C20H15BrN4O2/c21-14-6-7-17-15(8-14)16(11-25(17)10-13-4-2-1-3-5-13)18(26)9-19(27)20-22-12-23-24-20/h1-9,11-12,26H,10H2,(H,22,23,24)/b18-9+. The molecule has 0 aliphatic rings. The molecule has 0 saturated carbocycles. The number of carbonyl (C=O) groups is 1. The van der Waals surface area contributed by atoms with E-state index in [-0.39, 0.29) is 11.6 Å². The maximum Gasteiger partial charge on any atom is 0.226 e. The summed E-state index contributed by atoms with van der Waals surface area (Å²) in [7, 11) is 0. The molecule has 6 nitrogen and oxygen atoms in total. The molecule has 0 fully saturated rings. The van der Waals surface area contributed by atoms with Gasteiger partial charge in [0.05, 0.1) is 0 Å². The first kappa shape index (κ1) is 17.2. The lowest BCUT2D eigenvalue weighted by atomic mass is 10.1. The molecule has 0 unspecified atom stereocenters. The largest absolute Gasteiger partial charge is 0.507 e. The van der Waals surface area contributed by atoms with Crippen LogP contribution in [0, 0.1) is 0 Å². The minimum Gasteiger partial charge on any atom is -0.507 e. The first-order valence-electron chi connectivity index (χ1n) is 8.25. The predicted molar refractivity (Wildman–Crippen MR) is 107 cm³/mol. The normalized spacial score (nSPS) is 11.8. The molecule has 4 aromatic rings. The number of halogens is 1. The molecule has 27 heavy (non-hydrogen) atoms. The van der Waals surface area contributed by atoms with Gasteiger partial charge in [0.1, 0.15) is 12.1 Å². The van der Waals surface area contributed by atoms with E-state index in [1.165, 1.54) is 6.33 Å². The summed E-state index contributed by atoms with van der Waals surface area (Å²) >= 11 is 3.47. The minimum absolute atomic E-state index is 0.0794. The van der Waals surface area contributed by atoms with Crippen LogP contribution in [-0.4, -0.2) is 30.6 Å². The number of aliphatic hydroxyl groups excluding tert-OH is 1. The van der Waals surface area contributed by atoms with E-state index in [0.29, 0.717) is 12.1 Å². The first-order chi connectivity index (χ1) is 13.1. The third-order valence-corrected chi connectivity index (χ3v) is 4.72. The van der Waals surface area contributed by atoms with E-state index < -0.39 is 5.78 Å². The smallest absolute Gasteiger partial charge is 0.226 e. The number of benzene rings is 2. The van der Waals surface area contributed by atoms with Crippen LogP contribution in [0.2, 0.25) is 0 Å². The van der Waals surface area contributed by atoms with Crippen LogP contribution < -0.4 is 0 Å². The molecule has 0 saturated heterocycles. The summed E-state index contributed by atoms with van der Waals surface area (Å²) in [6, 6.07) is 15.9. The van der Waals surface area contributed by atoms with Gasteiger partial charge in [-0.1, -0.05) is 46.3 Å². The zero-order valence-electron chi connectivity index (χ0n) is 14.1. The summed E-state index contributed by atoms with van der Waals surface area (Å²) in [6.07, 6.45) is 4.26. The van der Waals surface area contributed by atoms with Gasteiger partial charge in [-0.05, 0) is 23.8 Å². The molecule has 0 amide bonds. The van der Waals surface area contributed by atoms with E-state index in [4.69, 9.17) is 0 Å². The van der Waals surface area contributed by atoms with Crippen LogP contribution in [0.3, 0.4) is 0 Å². The summed E-state index contributed by atoms with van der Waals surface area (Å²) in [5, 5.41) is 17.6. The van der Waals surface area contributed by atoms with Crippen molar-refractivity contribution in [3.63, 3.8) is 0 Å². The average Bonchev–Trinajstić information content (AvgIpc) is 3.31. The van der Waals surface area contributed by atoms with Gasteiger partial charge in [0.25, 0.3) is 0 Å². The van der Waals surface area contributed by atoms with Crippen molar-refractivity contribution in [3.8, 4) is 0 Å². The van der Waals surface area contributed by atoms with E-state index >= 15 is 0 Å². The third kappa shape index (κ3) is 3.54. The van der Waals surface area contributed by atoms with Crippen LogP contribution in [0.4, 0.5) is 0 Å². The van der Waals surface area contributed by atoms with Crippen LogP contribution in [-0.2, 0) is 6.54 Å². The summed E-state index contributed by atoms with van der Waals surface area (Å²) in [5.41, 5.74) is 2.68. The molecular formula is C20H15BrN4O2. The van der Waals surface area contributed by atoms with Crippen LogP contribution in [0.25, 0.3) is 16.7 Å². The zero-order chi connectivity index (χ0) is 18.8. The number of rotatable bonds is 5. The van der Waals surface area contributed by atoms with Crippen molar-refractivity contribution in [1.29, 1.82) is 0 Å². The SMILES string of the molecule is O=C(/C=C(/O)c1cn(Cc2ccccc2)c2ccc(Br)cc12)c1ncn[nH]1. The van der Waals surface area contributed by atoms with Gasteiger partial charge in [0.2, 0.25) is 5.78 Å². The highest BCUT2D eigenvalue weighted by atomic mass is 79.9. The number of aliphatic hydroxyl groups is 1. The molecule has 0 atom stereocenters. The number of H-pyrrole nitrogens is 1. The second-order valence-corrected chi connectivity index (χ2v) is 6.96. The van der Waals surface area contributed by atoms with Gasteiger partial charge >= 0.3 is 0 Å². The predicted octanol–water partition coefficient (Wildman–Crippen LogP) is 4.35. The molecule has 0 aliphatic heterocycles. The van der Waals surface area contributed by atoms with Gasteiger partial charge < -0.3 is 9.67 Å². The maximum atomic E-state index is 12.2. The molecule has 0 aliphatic carbocycles. The van der Waals surface area contributed by atoms with Crippen molar-refractivity contribution in [2.45, 2.75) is 6.54 Å². The Labute approximate surface area is 163 Å². The average molecular weight is 423 g/mol. The van der Waals surface area contributed by atoms with E-state index in [1.807, 2.05) is 54.7 Å². The molecule has 2 heterocycles. The van der Waals surface area contributed by atoms with Gasteiger partial charge in [0.15, 0.2) is 5.82 Å². The molecular weight excluding hydrogens is 408 g/mol. The van der Waals surface area contributed by atoms with Crippen molar-refractivity contribution in [2.75, 3.05) is 0 Å². The number of hydrogen-bond acceptors (Lipinski definition) is 4. The van der Waals surface area contributed by atoms with Gasteiger partial charge in [-0.25, -0.2) is 4.98 Å². The Kier molecular flexibility index (Phi) is 4.60. The molecule has 2 N–H and O–H groups in total. The molecule has 0 radical (unpaired) electrons. The number of nitrogens with zero attached hydrogens (tertiary/aromatic N) is 3. The van der Waals surface area contributed by atoms with Gasteiger partial charge in [0, 0.05) is 39.8 Å². The Morgan fingerprint density at radius 2 is 2.04 bits per heavy atom. The van der Waals surface area contributed by atoms with Crippen LogP contribution in [0.5, 0.6) is 0 Å². The Morgan fingerprint density at radius 1 is 1.22 bits per heavy atom. The quantitative estimate of drug-likeness (QED) is 0.284. The topological polar surface area (TPSA) is 83.8 Å². The van der Waals surface area contributed by atoms with Crippen LogP contribution in [0.1, 0.15) is 21.7 Å². The second kappa shape index (κ2) is 7.20. The van der Waals surface area contributed by atoms with Gasteiger partial charge in [-0.3, -0.25) is 9.89 Å². The van der Waals surface area contributed by atoms with Crippen LogP contribution >= 0.6 is 15.9 Å². The number of fused-ring (bicyclic) bond motifs is 1. The fraction of sp³-hybridized carbons (Fsp3) is 0.0500. The van der Waals surface area contributed by atoms with Crippen molar-refractivity contribution in [1.82, 2.24) is 19.7 Å². The summed E-state index contributed by atoms with van der Waals surface area (Å²) in [4.78, 5) is 16.0. The number of nitrogens with one attached hydrogen (secondary N) is 1. The fourth-order valence-corrected chi connectivity index (χ4v) is 3.34. The highest BCUT2D eigenvalue weighted by Gasteiger charge is 2.15. The Morgan fingerprint density at radius 3 is 2.78 bits per heavy atom. The molecule has 2 aromatic carbocycles. The molecule has 4 rings (SSSR count). The van der Waals surface area contributed by atoms with E-state index in [2.05, 4.69) is 35.7 Å². The number of ketones is 1. The lowest BCUT2D eigenvalue weighted by Gasteiger charge is -2.05. The summed E-state index contributed by atoms with van der Waals surface area (Å²) in [5.74, 6) is -0.481. The maximum absolute atomic E-state index is 12.2. The molecule has 7 heteroatoms. The number of aromatic nitrogens is 4.